The standard InChI is InChI=1S/C33H33Cl2N3O4S/c1-24(2)36-33(40)31(21-25-11-5-3-6-12-25)37(22-26-17-19-27(34)20-18-26)32(39)23-38(30-16-10-9-15-29(30)35)43(41,42)28-13-7-4-8-14-28/h3-20,24,31H,21-23H2,1-2H3,(H,36,40)/t31-/m1/s1. The molecule has 0 saturated heterocycles. The summed E-state index contributed by atoms with van der Waals surface area (Å²) in [5.41, 5.74) is 1.72. The van der Waals surface area contributed by atoms with Gasteiger partial charge < -0.3 is 10.2 Å². The molecule has 0 spiro atoms. The number of benzene rings is 4. The number of para-hydroxylation sites is 1. The summed E-state index contributed by atoms with van der Waals surface area (Å²) in [6, 6.07) is 29.5. The minimum absolute atomic E-state index is 0.00496. The Hall–Kier alpha value is -3.85. The average Bonchev–Trinajstić information content (AvgIpc) is 2.99. The van der Waals surface area contributed by atoms with Gasteiger partial charge in [-0.3, -0.25) is 13.9 Å². The van der Waals surface area contributed by atoms with E-state index in [1.165, 1.54) is 17.0 Å². The maximum atomic E-state index is 14.4. The second kappa shape index (κ2) is 14.6. The van der Waals surface area contributed by atoms with Crippen LogP contribution in [0.3, 0.4) is 0 Å². The number of amides is 2. The second-order valence-electron chi connectivity index (χ2n) is 10.3. The first-order valence-corrected chi connectivity index (χ1v) is 16.0. The largest absolute Gasteiger partial charge is 0.352 e. The van der Waals surface area contributed by atoms with E-state index in [1.807, 2.05) is 44.2 Å². The molecule has 0 saturated carbocycles. The van der Waals surface area contributed by atoms with Crippen molar-refractivity contribution in [1.29, 1.82) is 0 Å². The highest BCUT2D eigenvalue weighted by Crippen LogP contribution is 2.31. The van der Waals surface area contributed by atoms with E-state index in [-0.39, 0.29) is 40.5 Å². The third kappa shape index (κ3) is 8.38. The first-order chi connectivity index (χ1) is 20.6. The summed E-state index contributed by atoms with van der Waals surface area (Å²) >= 11 is 12.6. The molecule has 4 aromatic carbocycles. The molecule has 10 heteroatoms. The van der Waals surface area contributed by atoms with Crippen LogP contribution in [0.5, 0.6) is 0 Å². The van der Waals surface area contributed by atoms with Crippen molar-refractivity contribution in [3.05, 3.63) is 130 Å². The van der Waals surface area contributed by atoms with Crippen molar-refractivity contribution in [2.24, 2.45) is 0 Å². The van der Waals surface area contributed by atoms with Crippen molar-refractivity contribution >= 4 is 50.7 Å². The van der Waals surface area contributed by atoms with Crippen molar-refractivity contribution in [3.8, 4) is 0 Å². The quantitative estimate of drug-likeness (QED) is 0.196. The van der Waals surface area contributed by atoms with Crippen LogP contribution in [0.15, 0.2) is 114 Å². The Balaban J connectivity index is 1.80. The number of carbonyl (C=O) groups is 2. The zero-order valence-corrected chi connectivity index (χ0v) is 26.2. The molecule has 1 atom stereocenters. The van der Waals surface area contributed by atoms with Gasteiger partial charge in [0, 0.05) is 24.0 Å². The molecule has 0 aliphatic heterocycles. The topological polar surface area (TPSA) is 86.8 Å². The summed E-state index contributed by atoms with van der Waals surface area (Å²) in [5.74, 6) is -0.925. The molecule has 4 aromatic rings. The molecular weight excluding hydrogens is 605 g/mol. The predicted octanol–water partition coefficient (Wildman–Crippen LogP) is 6.35. The van der Waals surface area contributed by atoms with Gasteiger partial charge in [-0.25, -0.2) is 8.42 Å². The van der Waals surface area contributed by atoms with Crippen LogP contribution in [-0.2, 0) is 32.6 Å². The molecule has 4 rings (SSSR count). The van der Waals surface area contributed by atoms with Gasteiger partial charge in [-0.05, 0) is 61.4 Å². The molecule has 1 N–H and O–H groups in total. The van der Waals surface area contributed by atoms with Gasteiger partial charge in [0.05, 0.1) is 15.6 Å². The number of rotatable bonds is 12. The summed E-state index contributed by atoms with van der Waals surface area (Å²) in [5, 5.41) is 3.63. The van der Waals surface area contributed by atoms with E-state index >= 15 is 0 Å². The number of sulfonamides is 1. The monoisotopic (exact) mass is 637 g/mol. The van der Waals surface area contributed by atoms with E-state index in [1.54, 1.807) is 66.7 Å². The number of halogens is 2. The second-order valence-corrected chi connectivity index (χ2v) is 13.0. The van der Waals surface area contributed by atoms with Crippen LogP contribution in [0.25, 0.3) is 0 Å². The SMILES string of the molecule is CC(C)NC(=O)[C@@H](Cc1ccccc1)N(Cc1ccc(Cl)cc1)C(=O)CN(c1ccccc1Cl)S(=O)(=O)c1ccccc1. The van der Waals surface area contributed by atoms with Crippen LogP contribution in [0, 0.1) is 0 Å². The van der Waals surface area contributed by atoms with E-state index in [0.717, 1.165) is 15.4 Å². The lowest BCUT2D eigenvalue weighted by molar-refractivity contribution is -0.140. The van der Waals surface area contributed by atoms with Crippen LogP contribution < -0.4 is 9.62 Å². The lowest BCUT2D eigenvalue weighted by Gasteiger charge is -2.34. The Bertz CT molecular complexity index is 1630. The van der Waals surface area contributed by atoms with Crippen molar-refractivity contribution in [1.82, 2.24) is 10.2 Å². The van der Waals surface area contributed by atoms with Crippen molar-refractivity contribution < 1.29 is 18.0 Å². The minimum Gasteiger partial charge on any atom is -0.352 e. The molecule has 0 bridgehead atoms. The number of anilines is 1. The van der Waals surface area contributed by atoms with Gasteiger partial charge in [0.1, 0.15) is 12.6 Å². The van der Waals surface area contributed by atoms with Gasteiger partial charge in [0.2, 0.25) is 11.8 Å². The van der Waals surface area contributed by atoms with Gasteiger partial charge in [-0.1, -0.05) is 96.0 Å². The fourth-order valence-corrected chi connectivity index (χ4v) is 6.48. The smallest absolute Gasteiger partial charge is 0.264 e. The molecule has 0 aliphatic carbocycles. The predicted molar refractivity (Wildman–Crippen MR) is 172 cm³/mol. The molecule has 43 heavy (non-hydrogen) atoms. The molecule has 0 heterocycles. The van der Waals surface area contributed by atoms with Crippen LogP contribution in [-0.4, -0.2) is 43.8 Å². The molecule has 2 amide bonds. The summed E-state index contributed by atoms with van der Waals surface area (Å²) in [6.07, 6.45) is 0.219. The van der Waals surface area contributed by atoms with Crippen LogP contribution >= 0.6 is 23.2 Å². The van der Waals surface area contributed by atoms with Crippen LogP contribution in [0.4, 0.5) is 5.69 Å². The fraction of sp³-hybridized carbons (Fsp3) is 0.212. The Kier molecular flexibility index (Phi) is 10.9. The molecular formula is C33H33Cl2N3O4S. The first-order valence-electron chi connectivity index (χ1n) is 13.8. The Morgan fingerprint density at radius 1 is 0.767 bits per heavy atom. The lowest BCUT2D eigenvalue weighted by atomic mass is 10.0. The van der Waals surface area contributed by atoms with Gasteiger partial charge in [0.15, 0.2) is 0 Å². The highest BCUT2D eigenvalue weighted by atomic mass is 35.5. The Morgan fingerprint density at radius 3 is 1.95 bits per heavy atom. The van der Waals surface area contributed by atoms with E-state index < -0.39 is 28.5 Å². The van der Waals surface area contributed by atoms with E-state index in [9.17, 15) is 18.0 Å². The molecule has 0 fully saturated rings. The number of hydrogen-bond acceptors (Lipinski definition) is 4. The molecule has 7 nitrogen and oxygen atoms in total. The lowest BCUT2D eigenvalue weighted by Crippen LogP contribution is -2.54. The number of nitrogens with one attached hydrogen (secondary N) is 1. The van der Waals surface area contributed by atoms with E-state index in [2.05, 4.69) is 5.32 Å². The molecule has 0 aliphatic rings. The summed E-state index contributed by atoms with van der Waals surface area (Å²) in [4.78, 5) is 29.5. The Labute approximate surface area is 263 Å². The van der Waals surface area contributed by atoms with Gasteiger partial charge in [0.25, 0.3) is 10.0 Å². The Morgan fingerprint density at radius 2 is 1.35 bits per heavy atom. The van der Waals surface area contributed by atoms with Gasteiger partial charge in [-0.15, -0.1) is 0 Å². The summed E-state index contributed by atoms with van der Waals surface area (Å²) in [6.45, 7) is 3.14. The molecule has 0 radical (unpaired) electrons. The highest BCUT2D eigenvalue weighted by Gasteiger charge is 2.35. The fourth-order valence-electron chi connectivity index (χ4n) is 4.61. The van der Waals surface area contributed by atoms with E-state index in [4.69, 9.17) is 23.2 Å². The average molecular weight is 639 g/mol. The molecule has 224 valence electrons. The maximum absolute atomic E-state index is 14.4. The third-order valence-electron chi connectivity index (χ3n) is 6.70. The third-order valence-corrected chi connectivity index (χ3v) is 9.04. The summed E-state index contributed by atoms with van der Waals surface area (Å²) < 4.78 is 29.0. The zero-order chi connectivity index (χ0) is 31.0. The number of hydrogen-bond donors (Lipinski definition) is 1. The number of nitrogens with zero attached hydrogens (tertiary/aromatic N) is 2. The molecule has 0 aromatic heterocycles. The minimum atomic E-state index is -4.22. The van der Waals surface area contributed by atoms with Crippen LogP contribution in [0.2, 0.25) is 10.0 Å². The maximum Gasteiger partial charge on any atom is 0.264 e. The van der Waals surface area contributed by atoms with E-state index in [0.29, 0.717) is 5.02 Å². The summed E-state index contributed by atoms with van der Waals surface area (Å²) in [7, 11) is -4.22. The zero-order valence-electron chi connectivity index (χ0n) is 23.9. The van der Waals surface area contributed by atoms with Crippen molar-refractivity contribution in [3.63, 3.8) is 0 Å². The molecule has 0 unspecified atom stereocenters. The first kappa shape index (κ1) is 32.1. The van der Waals surface area contributed by atoms with Gasteiger partial charge in [-0.2, -0.15) is 0 Å². The number of carbonyl (C=O) groups excluding carboxylic acids is 2. The normalized spacial score (nSPS) is 12.0. The van der Waals surface area contributed by atoms with Crippen LogP contribution in [0.1, 0.15) is 25.0 Å². The van der Waals surface area contributed by atoms with Gasteiger partial charge >= 0.3 is 0 Å². The highest BCUT2D eigenvalue weighted by molar-refractivity contribution is 7.92. The van der Waals surface area contributed by atoms with Crippen molar-refractivity contribution in [2.75, 3.05) is 10.8 Å². The van der Waals surface area contributed by atoms with Crippen molar-refractivity contribution in [2.45, 2.75) is 43.8 Å².